The van der Waals surface area contributed by atoms with E-state index in [1.165, 1.54) is 6.92 Å². The maximum absolute atomic E-state index is 13.6. The highest BCUT2D eigenvalue weighted by Gasteiger charge is 2.56. The van der Waals surface area contributed by atoms with Gasteiger partial charge in [0.15, 0.2) is 0 Å². The number of anilines is 2. The van der Waals surface area contributed by atoms with E-state index < -0.39 is 41.0 Å². The second-order valence-corrected chi connectivity index (χ2v) is 9.04. The fraction of sp³-hybridized carbons (Fsp3) is 0.308. The van der Waals surface area contributed by atoms with Crippen LogP contribution in [-0.4, -0.2) is 38.1 Å². The largest absolute Gasteiger partial charge is 0.389 e. The van der Waals surface area contributed by atoms with E-state index in [1.54, 1.807) is 73.4 Å². The fourth-order valence-corrected chi connectivity index (χ4v) is 4.89. The normalized spacial score (nSPS) is 24.5. The van der Waals surface area contributed by atoms with Crippen molar-refractivity contribution in [3.63, 3.8) is 0 Å². The first-order valence-electron chi connectivity index (χ1n) is 11.1. The number of amides is 2. The van der Waals surface area contributed by atoms with Crippen molar-refractivity contribution in [3.8, 4) is 0 Å². The molecule has 8 nitrogen and oxygen atoms in total. The minimum Gasteiger partial charge on any atom is -0.389 e. The van der Waals surface area contributed by atoms with Crippen LogP contribution in [0.15, 0.2) is 66.9 Å². The lowest BCUT2D eigenvalue weighted by molar-refractivity contribution is -0.150. The van der Waals surface area contributed by atoms with Crippen LogP contribution in [0.5, 0.6) is 0 Å². The lowest BCUT2D eigenvalue weighted by atomic mass is 9.61. The number of hydrogen-bond donors (Lipinski definition) is 3. The quantitative estimate of drug-likeness (QED) is 0.507. The summed E-state index contributed by atoms with van der Waals surface area (Å²) in [6.45, 7) is 3.24. The van der Waals surface area contributed by atoms with E-state index >= 15 is 0 Å². The summed E-state index contributed by atoms with van der Waals surface area (Å²) in [5.74, 6) is -4.55. The van der Waals surface area contributed by atoms with Crippen LogP contribution in [0.2, 0.25) is 0 Å². The van der Waals surface area contributed by atoms with Gasteiger partial charge in [-0.15, -0.1) is 0 Å². The van der Waals surface area contributed by atoms with Crippen molar-refractivity contribution in [2.75, 3.05) is 10.6 Å². The second kappa shape index (κ2) is 9.23. The molecule has 4 atom stereocenters. The van der Waals surface area contributed by atoms with Crippen molar-refractivity contribution in [2.24, 2.45) is 18.9 Å². The van der Waals surface area contributed by atoms with Gasteiger partial charge in [0, 0.05) is 37.0 Å². The smallest absolute Gasteiger partial charge is 0.235 e. The predicted molar refractivity (Wildman–Crippen MR) is 128 cm³/mol. The number of aryl methyl sites for hydroxylation is 2. The van der Waals surface area contributed by atoms with Crippen LogP contribution in [0.1, 0.15) is 30.5 Å². The average Bonchev–Trinajstić information content (AvgIpc) is 3.11. The molecule has 0 saturated heterocycles. The van der Waals surface area contributed by atoms with Crippen LogP contribution in [0, 0.1) is 18.8 Å². The number of carbonyl (C=O) groups excluding carboxylic acids is 3. The van der Waals surface area contributed by atoms with Gasteiger partial charge in [-0.1, -0.05) is 36.4 Å². The van der Waals surface area contributed by atoms with E-state index in [-0.39, 0.29) is 6.42 Å². The van der Waals surface area contributed by atoms with Crippen molar-refractivity contribution in [2.45, 2.75) is 31.8 Å². The third kappa shape index (κ3) is 4.63. The summed E-state index contributed by atoms with van der Waals surface area (Å²) in [7, 11) is 1.73. The number of hydrogen-bond acceptors (Lipinski definition) is 5. The van der Waals surface area contributed by atoms with Gasteiger partial charge < -0.3 is 15.7 Å². The van der Waals surface area contributed by atoms with Crippen molar-refractivity contribution in [3.05, 3.63) is 78.1 Å². The minimum atomic E-state index is -1.66. The summed E-state index contributed by atoms with van der Waals surface area (Å²) in [6.07, 6.45) is 1.39. The van der Waals surface area contributed by atoms with Gasteiger partial charge in [-0.3, -0.25) is 19.1 Å². The van der Waals surface area contributed by atoms with Gasteiger partial charge in [-0.25, -0.2) is 0 Å². The molecule has 1 aromatic heterocycles. The number of para-hydroxylation sites is 2. The standard InChI is InChI=1S/C26H28N4O4/c1-16-19(15-30(3)29-16)21-22(24(32)27-17-10-6-4-7-11-17)20(31)14-26(2,34)23(21)25(33)28-18-12-8-5-9-13-18/h4-13,15,21-23,34H,14H2,1-3H3,(H,27,32)(H,28,33). The molecule has 4 unspecified atom stereocenters. The zero-order valence-electron chi connectivity index (χ0n) is 19.4. The molecule has 2 amide bonds. The first-order valence-corrected chi connectivity index (χ1v) is 11.1. The van der Waals surface area contributed by atoms with Crippen LogP contribution in [0.25, 0.3) is 0 Å². The van der Waals surface area contributed by atoms with Crippen LogP contribution in [-0.2, 0) is 21.4 Å². The molecule has 0 spiro atoms. The number of nitrogens with zero attached hydrogens (tertiary/aromatic N) is 2. The molecule has 4 rings (SSSR count). The lowest BCUT2D eigenvalue weighted by Gasteiger charge is -2.44. The first-order chi connectivity index (χ1) is 16.2. The summed E-state index contributed by atoms with van der Waals surface area (Å²) in [5, 5.41) is 21.4. The Morgan fingerprint density at radius 1 is 1.00 bits per heavy atom. The van der Waals surface area contributed by atoms with E-state index in [0.29, 0.717) is 22.6 Å². The van der Waals surface area contributed by atoms with Crippen LogP contribution in [0.4, 0.5) is 11.4 Å². The Balaban J connectivity index is 1.78. The third-order valence-corrected chi connectivity index (χ3v) is 6.33. The van der Waals surface area contributed by atoms with Crippen molar-refractivity contribution >= 4 is 29.0 Å². The number of aromatic nitrogens is 2. The summed E-state index contributed by atoms with van der Waals surface area (Å²) >= 11 is 0. The number of benzene rings is 2. The molecule has 3 aromatic rings. The highest BCUT2D eigenvalue weighted by atomic mass is 16.3. The molecule has 0 aliphatic heterocycles. The average molecular weight is 461 g/mol. The highest BCUT2D eigenvalue weighted by molar-refractivity contribution is 6.10. The van der Waals surface area contributed by atoms with Crippen LogP contribution < -0.4 is 10.6 Å². The molecule has 3 N–H and O–H groups in total. The third-order valence-electron chi connectivity index (χ3n) is 6.33. The van der Waals surface area contributed by atoms with Crippen molar-refractivity contribution < 1.29 is 19.5 Å². The molecule has 34 heavy (non-hydrogen) atoms. The maximum Gasteiger partial charge on any atom is 0.235 e. The summed E-state index contributed by atoms with van der Waals surface area (Å²) in [6, 6.07) is 17.7. The van der Waals surface area contributed by atoms with E-state index in [4.69, 9.17) is 0 Å². The van der Waals surface area contributed by atoms with E-state index in [0.717, 1.165) is 0 Å². The molecular formula is C26H28N4O4. The Kier molecular flexibility index (Phi) is 6.34. The molecule has 176 valence electrons. The fourth-order valence-electron chi connectivity index (χ4n) is 4.89. The molecule has 1 fully saturated rings. The van der Waals surface area contributed by atoms with E-state index in [1.807, 2.05) is 12.1 Å². The number of Topliss-reactive ketones (excluding diaryl/α,β-unsaturated/α-hetero) is 1. The topological polar surface area (TPSA) is 113 Å². The molecule has 1 saturated carbocycles. The van der Waals surface area contributed by atoms with E-state index in [2.05, 4.69) is 15.7 Å². The number of rotatable bonds is 5. The second-order valence-electron chi connectivity index (χ2n) is 9.04. The van der Waals surface area contributed by atoms with Crippen LogP contribution >= 0.6 is 0 Å². The van der Waals surface area contributed by atoms with Gasteiger partial charge >= 0.3 is 0 Å². The Labute approximate surface area is 198 Å². The molecule has 2 aromatic carbocycles. The number of ketones is 1. The number of nitrogens with one attached hydrogen (secondary N) is 2. The molecular weight excluding hydrogens is 432 g/mol. The van der Waals surface area contributed by atoms with Crippen molar-refractivity contribution in [1.29, 1.82) is 0 Å². The summed E-state index contributed by atoms with van der Waals surface area (Å²) in [5.41, 5.74) is 0.619. The summed E-state index contributed by atoms with van der Waals surface area (Å²) in [4.78, 5) is 40.3. The Morgan fingerprint density at radius 3 is 2.03 bits per heavy atom. The monoisotopic (exact) mass is 460 g/mol. The highest BCUT2D eigenvalue weighted by Crippen LogP contribution is 2.47. The minimum absolute atomic E-state index is 0.317. The maximum atomic E-state index is 13.6. The van der Waals surface area contributed by atoms with Gasteiger partial charge in [-0.2, -0.15) is 5.10 Å². The Bertz CT molecular complexity index is 1200. The zero-order chi connectivity index (χ0) is 24.5. The Morgan fingerprint density at radius 2 is 1.53 bits per heavy atom. The van der Waals surface area contributed by atoms with Gasteiger partial charge in [0.1, 0.15) is 11.7 Å². The molecule has 0 radical (unpaired) electrons. The van der Waals surface area contributed by atoms with Crippen molar-refractivity contribution in [1.82, 2.24) is 9.78 Å². The van der Waals surface area contributed by atoms with E-state index in [9.17, 15) is 19.5 Å². The van der Waals surface area contributed by atoms with Gasteiger partial charge in [0.2, 0.25) is 11.8 Å². The molecule has 1 aliphatic rings. The molecule has 1 heterocycles. The SMILES string of the molecule is Cc1nn(C)cc1C1C(C(=O)Nc2ccccc2)C(=O)CC(C)(O)C1C(=O)Nc1ccccc1. The number of carbonyl (C=O) groups is 3. The van der Waals surface area contributed by atoms with Crippen LogP contribution in [0.3, 0.4) is 0 Å². The first kappa shape index (κ1) is 23.4. The van der Waals surface area contributed by atoms with Gasteiger partial charge in [-0.05, 0) is 43.7 Å². The zero-order valence-corrected chi connectivity index (χ0v) is 19.4. The van der Waals surface area contributed by atoms with Gasteiger partial charge in [0.25, 0.3) is 0 Å². The molecule has 1 aliphatic carbocycles. The Hall–Kier alpha value is -3.78. The number of aliphatic hydroxyl groups is 1. The lowest BCUT2D eigenvalue weighted by Crippen LogP contribution is -2.56. The van der Waals surface area contributed by atoms with Gasteiger partial charge in [0.05, 0.1) is 17.2 Å². The predicted octanol–water partition coefficient (Wildman–Crippen LogP) is 3.05. The molecule has 0 bridgehead atoms. The molecule has 8 heteroatoms. The summed E-state index contributed by atoms with van der Waals surface area (Å²) < 4.78 is 1.58.